The average Bonchev–Trinajstić information content (AvgIpc) is 2.67. The molecule has 1 unspecified atom stereocenters. The van der Waals surface area contributed by atoms with Crippen LogP contribution in [0.5, 0.6) is 0 Å². The van der Waals surface area contributed by atoms with Crippen LogP contribution in [0.15, 0.2) is 23.0 Å². The van der Waals surface area contributed by atoms with Crippen LogP contribution < -0.4 is 0 Å². The molecule has 0 bridgehead atoms. The van der Waals surface area contributed by atoms with Crippen LogP contribution in [0, 0.1) is 0 Å². The molecule has 0 aromatic rings. The molecule has 1 atom stereocenters. The van der Waals surface area contributed by atoms with E-state index in [0.717, 1.165) is 31.4 Å². The van der Waals surface area contributed by atoms with Gasteiger partial charge in [0.25, 0.3) is 0 Å². The van der Waals surface area contributed by atoms with Crippen molar-refractivity contribution in [2.75, 3.05) is 7.11 Å². The first-order valence-electron chi connectivity index (χ1n) is 5.81. The van der Waals surface area contributed by atoms with Gasteiger partial charge in [0.1, 0.15) is 11.9 Å². The van der Waals surface area contributed by atoms with Gasteiger partial charge in [0.2, 0.25) is 0 Å². The van der Waals surface area contributed by atoms with E-state index in [1.54, 1.807) is 0 Å². The predicted octanol–water partition coefficient (Wildman–Crippen LogP) is 2.72. The molecule has 0 N–H and O–H groups in total. The molecule has 0 saturated heterocycles. The Hall–Kier alpha value is -1.25. The molecular weight excluding hydrogens is 204 g/mol. The van der Waals surface area contributed by atoms with E-state index in [9.17, 15) is 4.79 Å². The molecule has 2 aliphatic rings. The van der Waals surface area contributed by atoms with E-state index in [1.807, 2.05) is 0 Å². The number of esters is 1. The maximum atomic E-state index is 11.0. The number of allylic oxidation sites excluding steroid dienone is 3. The van der Waals surface area contributed by atoms with Gasteiger partial charge < -0.3 is 9.47 Å². The summed E-state index contributed by atoms with van der Waals surface area (Å²) in [5.41, 5.74) is 2.76. The van der Waals surface area contributed by atoms with Gasteiger partial charge in [0.05, 0.1) is 7.11 Å². The number of ether oxygens (including phenoxy) is 2. The van der Waals surface area contributed by atoms with E-state index in [1.165, 1.54) is 18.3 Å². The van der Waals surface area contributed by atoms with Crippen molar-refractivity contribution in [3.63, 3.8) is 0 Å². The van der Waals surface area contributed by atoms with Crippen molar-refractivity contribution < 1.29 is 14.3 Å². The van der Waals surface area contributed by atoms with Crippen LogP contribution in [-0.2, 0) is 14.3 Å². The molecule has 16 heavy (non-hydrogen) atoms. The lowest BCUT2D eigenvalue weighted by Crippen LogP contribution is -2.10. The number of hydrogen-bond donors (Lipinski definition) is 0. The number of hydrogen-bond acceptors (Lipinski definition) is 3. The fourth-order valence-electron chi connectivity index (χ4n) is 2.26. The zero-order valence-electron chi connectivity index (χ0n) is 9.91. The Labute approximate surface area is 96.1 Å². The van der Waals surface area contributed by atoms with E-state index in [2.05, 4.69) is 17.7 Å². The lowest BCUT2D eigenvalue weighted by Gasteiger charge is -2.13. The minimum atomic E-state index is -0.153. The SMILES string of the molecule is COC(=O)CCC1CC2=C(CCC(C)=C2)O1. The Morgan fingerprint density at radius 3 is 3.12 bits per heavy atom. The Morgan fingerprint density at radius 2 is 2.38 bits per heavy atom. The van der Waals surface area contributed by atoms with Crippen molar-refractivity contribution in [2.24, 2.45) is 0 Å². The van der Waals surface area contributed by atoms with Crippen molar-refractivity contribution in [1.29, 1.82) is 0 Å². The third-order valence-corrected chi connectivity index (χ3v) is 3.18. The van der Waals surface area contributed by atoms with Crippen LogP contribution in [0.3, 0.4) is 0 Å². The summed E-state index contributed by atoms with van der Waals surface area (Å²) in [7, 11) is 1.42. The quantitative estimate of drug-likeness (QED) is 0.689. The second-order valence-corrected chi connectivity index (χ2v) is 4.50. The summed E-state index contributed by atoms with van der Waals surface area (Å²) in [6.07, 6.45) is 6.68. The molecule has 0 fully saturated rings. The molecule has 0 spiro atoms. The van der Waals surface area contributed by atoms with Crippen molar-refractivity contribution in [3.05, 3.63) is 23.0 Å². The molecule has 0 amide bonds. The third kappa shape index (κ3) is 2.46. The largest absolute Gasteiger partial charge is 0.494 e. The predicted molar refractivity (Wildman–Crippen MR) is 60.8 cm³/mol. The van der Waals surface area contributed by atoms with Gasteiger partial charge in [-0.05, 0) is 25.3 Å². The Morgan fingerprint density at radius 1 is 1.56 bits per heavy atom. The van der Waals surface area contributed by atoms with Gasteiger partial charge in [-0.15, -0.1) is 0 Å². The fourth-order valence-corrected chi connectivity index (χ4v) is 2.26. The zero-order valence-corrected chi connectivity index (χ0v) is 9.91. The van der Waals surface area contributed by atoms with Crippen molar-refractivity contribution in [1.82, 2.24) is 0 Å². The molecule has 3 nitrogen and oxygen atoms in total. The van der Waals surface area contributed by atoms with Crippen molar-refractivity contribution >= 4 is 5.97 Å². The van der Waals surface area contributed by atoms with Crippen LogP contribution in [0.25, 0.3) is 0 Å². The van der Waals surface area contributed by atoms with Crippen molar-refractivity contribution in [2.45, 2.75) is 45.1 Å². The minimum Gasteiger partial charge on any atom is -0.494 e. The van der Waals surface area contributed by atoms with Crippen LogP contribution in [-0.4, -0.2) is 19.2 Å². The molecule has 88 valence electrons. The van der Waals surface area contributed by atoms with Gasteiger partial charge >= 0.3 is 5.97 Å². The van der Waals surface area contributed by atoms with Gasteiger partial charge in [0, 0.05) is 19.3 Å². The van der Waals surface area contributed by atoms with Crippen LogP contribution >= 0.6 is 0 Å². The van der Waals surface area contributed by atoms with Gasteiger partial charge in [-0.3, -0.25) is 4.79 Å². The lowest BCUT2D eigenvalue weighted by atomic mass is 9.97. The molecule has 3 heteroatoms. The maximum Gasteiger partial charge on any atom is 0.305 e. The highest BCUT2D eigenvalue weighted by Crippen LogP contribution is 2.35. The number of methoxy groups -OCH3 is 1. The lowest BCUT2D eigenvalue weighted by molar-refractivity contribution is -0.141. The van der Waals surface area contributed by atoms with E-state index in [-0.39, 0.29) is 12.1 Å². The van der Waals surface area contributed by atoms with E-state index < -0.39 is 0 Å². The smallest absolute Gasteiger partial charge is 0.305 e. The molecule has 0 aromatic heterocycles. The molecule has 0 aromatic carbocycles. The Kier molecular flexibility index (Phi) is 3.32. The summed E-state index contributed by atoms with van der Waals surface area (Å²) in [4.78, 5) is 11.0. The summed E-state index contributed by atoms with van der Waals surface area (Å²) in [5, 5.41) is 0. The van der Waals surface area contributed by atoms with E-state index in [0.29, 0.717) is 6.42 Å². The van der Waals surface area contributed by atoms with Crippen LogP contribution in [0.2, 0.25) is 0 Å². The minimum absolute atomic E-state index is 0.153. The Balaban J connectivity index is 1.85. The highest BCUT2D eigenvalue weighted by atomic mass is 16.5. The van der Waals surface area contributed by atoms with E-state index in [4.69, 9.17) is 4.74 Å². The second kappa shape index (κ2) is 4.73. The fraction of sp³-hybridized carbons (Fsp3) is 0.615. The summed E-state index contributed by atoms with van der Waals surface area (Å²) in [6.45, 7) is 2.16. The van der Waals surface area contributed by atoms with E-state index >= 15 is 0 Å². The molecule has 0 saturated carbocycles. The third-order valence-electron chi connectivity index (χ3n) is 3.18. The second-order valence-electron chi connectivity index (χ2n) is 4.50. The normalized spacial score (nSPS) is 23.6. The summed E-state index contributed by atoms with van der Waals surface area (Å²) in [6, 6.07) is 0. The summed E-state index contributed by atoms with van der Waals surface area (Å²) < 4.78 is 10.5. The number of rotatable bonds is 3. The van der Waals surface area contributed by atoms with Gasteiger partial charge in [-0.2, -0.15) is 0 Å². The molecule has 1 aliphatic heterocycles. The van der Waals surface area contributed by atoms with Gasteiger partial charge in [-0.1, -0.05) is 11.6 Å². The zero-order chi connectivity index (χ0) is 11.5. The molecular formula is C13H18O3. The number of carbonyl (C=O) groups is 1. The summed E-state index contributed by atoms with van der Waals surface area (Å²) in [5.74, 6) is 0.987. The first-order chi connectivity index (χ1) is 7.69. The molecule has 2 rings (SSSR count). The molecule has 1 aliphatic carbocycles. The molecule has 0 radical (unpaired) electrons. The topological polar surface area (TPSA) is 35.5 Å². The van der Waals surface area contributed by atoms with Crippen molar-refractivity contribution in [3.8, 4) is 0 Å². The molecule has 1 heterocycles. The average molecular weight is 222 g/mol. The van der Waals surface area contributed by atoms with Crippen LogP contribution in [0.1, 0.15) is 39.0 Å². The highest BCUT2D eigenvalue weighted by Gasteiger charge is 2.26. The Bertz CT molecular complexity index is 352. The highest BCUT2D eigenvalue weighted by molar-refractivity contribution is 5.69. The first kappa shape index (κ1) is 11.2. The standard InChI is InChI=1S/C13H18O3/c1-9-3-5-12-10(7-9)8-11(16-12)4-6-13(14)15-2/h7,11H,3-6,8H2,1-2H3. The summed E-state index contributed by atoms with van der Waals surface area (Å²) >= 11 is 0. The van der Waals surface area contributed by atoms with Gasteiger partial charge in [0.15, 0.2) is 0 Å². The van der Waals surface area contributed by atoms with Crippen LogP contribution in [0.4, 0.5) is 0 Å². The first-order valence-corrected chi connectivity index (χ1v) is 5.81. The number of carbonyl (C=O) groups excluding carboxylic acids is 1. The van der Waals surface area contributed by atoms with Gasteiger partial charge in [-0.25, -0.2) is 0 Å². The maximum absolute atomic E-state index is 11.0. The monoisotopic (exact) mass is 222 g/mol.